The summed E-state index contributed by atoms with van der Waals surface area (Å²) in [5.74, 6) is -2.30. The maximum Gasteiger partial charge on any atom is 0.338 e. The summed E-state index contributed by atoms with van der Waals surface area (Å²) in [6, 6.07) is 7.47. The predicted octanol–water partition coefficient (Wildman–Crippen LogP) is 4.52. The number of benzene rings is 2. The van der Waals surface area contributed by atoms with Gasteiger partial charge in [0.15, 0.2) is 10.8 Å². The molecule has 0 bridgehead atoms. The van der Waals surface area contributed by atoms with Crippen molar-refractivity contribution in [3.8, 4) is 0 Å². The number of hydrogen-bond acceptors (Lipinski definition) is 10. The Morgan fingerprint density at radius 2 is 1.86 bits per heavy atom. The van der Waals surface area contributed by atoms with Crippen molar-refractivity contribution >= 4 is 52.4 Å². The Morgan fingerprint density at radius 3 is 2.55 bits per heavy atom. The number of esters is 1. The fourth-order valence-electron chi connectivity index (χ4n) is 7.27. The Kier molecular flexibility index (Phi) is 10.1. The number of anilines is 1. The van der Waals surface area contributed by atoms with Crippen molar-refractivity contribution in [2.24, 2.45) is 10.9 Å². The Balaban J connectivity index is 1.08. The number of piperidine rings is 1. The van der Waals surface area contributed by atoms with Gasteiger partial charge >= 0.3 is 18.0 Å². The van der Waals surface area contributed by atoms with Gasteiger partial charge in [-0.3, -0.25) is 24.5 Å². The number of nitrogens with one attached hydrogen (secondary N) is 1. The minimum absolute atomic E-state index is 0.115. The van der Waals surface area contributed by atoms with Crippen LogP contribution in [0.5, 0.6) is 0 Å². The number of carboxylic acid groups (broad SMARTS) is 1. The number of fused-ring (bicyclic) bond motifs is 1. The quantitative estimate of drug-likeness (QED) is 0.305. The molecule has 4 aliphatic rings. The first-order valence-electron chi connectivity index (χ1n) is 16.6. The van der Waals surface area contributed by atoms with Crippen molar-refractivity contribution in [3.63, 3.8) is 0 Å². The summed E-state index contributed by atoms with van der Waals surface area (Å²) in [5.41, 5.74) is 2.16. The second kappa shape index (κ2) is 14.7. The molecule has 3 saturated heterocycles. The van der Waals surface area contributed by atoms with Gasteiger partial charge in [0.2, 0.25) is 0 Å². The number of urea groups is 1. The molecule has 0 spiro atoms. The van der Waals surface area contributed by atoms with Gasteiger partial charge in [-0.15, -0.1) is 11.3 Å². The van der Waals surface area contributed by atoms with Gasteiger partial charge in [-0.1, -0.05) is 23.7 Å². The first-order chi connectivity index (χ1) is 24.6. The molecule has 51 heavy (non-hydrogen) atoms. The van der Waals surface area contributed by atoms with Crippen molar-refractivity contribution in [3.05, 3.63) is 92.0 Å². The van der Waals surface area contributed by atoms with Gasteiger partial charge in [-0.25, -0.2) is 23.4 Å². The highest BCUT2D eigenvalue weighted by Crippen LogP contribution is 2.37. The molecule has 0 aliphatic carbocycles. The molecule has 2 atom stereocenters. The monoisotopic (exact) mass is 739 g/mol. The maximum absolute atomic E-state index is 15.6. The minimum atomic E-state index is -0.895. The molecule has 1 aromatic heterocycles. The molecule has 2 amide bonds. The van der Waals surface area contributed by atoms with E-state index >= 15 is 4.39 Å². The third kappa shape index (κ3) is 7.20. The first-order valence-corrected chi connectivity index (χ1v) is 17.9. The van der Waals surface area contributed by atoms with Crippen LogP contribution in [0.3, 0.4) is 0 Å². The highest BCUT2D eigenvalue weighted by atomic mass is 35.5. The number of aliphatic imine (C=N–C) groups is 1. The Morgan fingerprint density at radius 1 is 1.06 bits per heavy atom. The second-order valence-electron chi connectivity index (χ2n) is 13.0. The number of carbonyl (C=O) groups is 3. The number of hydrogen-bond donors (Lipinski definition) is 2. The lowest BCUT2D eigenvalue weighted by Gasteiger charge is -2.38. The molecule has 12 nitrogen and oxygen atoms in total. The Bertz CT molecular complexity index is 1900. The SMILES string of the molecule is COC(=O)C1=C(CN2CCN3C(=O)N(c4ccc(CN5CCC(C(=O)O)CC5)cc4F)C[C@@H]3C2)NC(c2nccs2)=N[C@H]1c1ccc(F)cc1Cl. The van der Waals surface area contributed by atoms with Crippen LogP contribution in [0.25, 0.3) is 0 Å². The summed E-state index contributed by atoms with van der Waals surface area (Å²) < 4.78 is 34.8. The summed E-state index contributed by atoms with van der Waals surface area (Å²) in [6.45, 7) is 3.66. The van der Waals surface area contributed by atoms with Crippen molar-refractivity contribution < 1.29 is 33.0 Å². The number of methoxy groups -OCH3 is 1. The van der Waals surface area contributed by atoms with Gasteiger partial charge in [0.25, 0.3) is 0 Å². The average molecular weight is 740 g/mol. The third-order valence-corrected chi connectivity index (χ3v) is 11.0. The van der Waals surface area contributed by atoms with Gasteiger partial charge in [-0.05, 0) is 55.8 Å². The lowest BCUT2D eigenvalue weighted by atomic mass is 9.95. The number of aliphatic carboxylic acids is 1. The molecule has 3 aromatic rings. The number of amides is 2. The topological polar surface area (TPSA) is 131 Å². The van der Waals surface area contributed by atoms with Crippen molar-refractivity contribution in [1.82, 2.24) is 25.0 Å². The van der Waals surface area contributed by atoms with Crippen LogP contribution in [0.4, 0.5) is 19.3 Å². The molecular formula is C35H36ClF2N7O5S. The molecule has 16 heteroatoms. The van der Waals surface area contributed by atoms with Crippen LogP contribution in [0.1, 0.15) is 35.0 Å². The molecule has 5 heterocycles. The lowest BCUT2D eigenvalue weighted by Crippen LogP contribution is -2.53. The average Bonchev–Trinajstić information content (AvgIpc) is 3.76. The van der Waals surface area contributed by atoms with E-state index in [0.29, 0.717) is 74.2 Å². The molecule has 0 radical (unpaired) electrons. The molecule has 2 aromatic carbocycles. The van der Waals surface area contributed by atoms with Crippen LogP contribution in [0.2, 0.25) is 5.02 Å². The number of piperazine rings is 1. The molecule has 0 saturated carbocycles. The molecular weight excluding hydrogens is 704 g/mol. The molecule has 0 unspecified atom stereocenters. The highest BCUT2D eigenvalue weighted by molar-refractivity contribution is 7.11. The fourth-order valence-corrected chi connectivity index (χ4v) is 8.13. The van der Waals surface area contributed by atoms with Crippen LogP contribution in [0.15, 0.2) is 64.2 Å². The lowest BCUT2D eigenvalue weighted by molar-refractivity contribution is -0.143. The normalized spacial score (nSPS) is 21.8. The Labute approximate surface area is 302 Å². The van der Waals surface area contributed by atoms with Crippen LogP contribution < -0.4 is 10.2 Å². The molecule has 7 rings (SSSR count). The number of aromatic nitrogens is 1. The predicted molar refractivity (Wildman–Crippen MR) is 187 cm³/mol. The van der Waals surface area contributed by atoms with E-state index < -0.39 is 29.6 Å². The highest BCUT2D eigenvalue weighted by Gasteiger charge is 2.43. The van der Waals surface area contributed by atoms with E-state index in [4.69, 9.17) is 21.3 Å². The number of halogens is 3. The molecule has 2 N–H and O–H groups in total. The number of likely N-dealkylation sites (tertiary alicyclic amines) is 1. The third-order valence-electron chi connectivity index (χ3n) is 9.89. The Hall–Kier alpha value is -4.44. The van der Waals surface area contributed by atoms with Gasteiger partial charge in [0, 0.05) is 67.1 Å². The number of ether oxygens (including phenoxy) is 1. The van der Waals surface area contributed by atoms with E-state index in [0.717, 1.165) is 5.56 Å². The van der Waals surface area contributed by atoms with Crippen LogP contribution in [-0.4, -0.2) is 108 Å². The zero-order valence-corrected chi connectivity index (χ0v) is 29.3. The van der Waals surface area contributed by atoms with Crippen LogP contribution in [-0.2, 0) is 20.9 Å². The van der Waals surface area contributed by atoms with Crippen molar-refractivity contribution in [2.45, 2.75) is 31.5 Å². The summed E-state index contributed by atoms with van der Waals surface area (Å²) in [4.78, 5) is 54.8. The van der Waals surface area contributed by atoms with Crippen LogP contribution >= 0.6 is 22.9 Å². The van der Waals surface area contributed by atoms with Gasteiger partial charge in [0.1, 0.15) is 17.7 Å². The van der Waals surface area contributed by atoms with E-state index in [-0.39, 0.29) is 47.4 Å². The number of nitrogens with zero attached hydrogens (tertiary/aromatic N) is 6. The zero-order valence-electron chi connectivity index (χ0n) is 27.7. The summed E-state index contributed by atoms with van der Waals surface area (Å²) in [7, 11) is 1.28. The molecule has 4 aliphatic heterocycles. The molecule has 268 valence electrons. The second-order valence-corrected chi connectivity index (χ2v) is 14.3. The van der Waals surface area contributed by atoms with Crippen LogP contribution in [0, 0.1) is 17.6 Å². The van der Waals surface area contributed by atoms with Crippen molar-refractivity contribution in [2.75, 3.05) is 57.8 Å². The largest absolute Gasteiger partial charge is 0.481 e. The van der Waals surface area contributed by atoms with E-state index in [1.165, 1.54) is 47.6 Å². The van der Waals surface area contributed by atoms with E-state index in [2.05, 4.69) is 20.1 Å². The number of carboxylic acids is 1. The number of carbonyl (C=O) groups excluding carboxylic acids is 2. The van der Waals surface area contributed by atoms with E-state index in [1.54, 1.807) is 17.2 Å². The zero-order chi connectivity index (χ0) is 35.8. The summed E-state index contributed by atoms with van der Waals surface area (Å²) in [5, 5.41) is 15.1. The number of rotatable bonds is 9. The smallest absolute Gasteiger partial charge is 0.338 e. The summed E-state index contributed by atoms with van der Waals surface area (Å²) in [6.07, 6.45) is 2.77. The standard InChI is InChI=1S/C35H36ClF2N7O5S/c1-50-34(48)29-27(40-31(32-39-8-13-51-32)41-30(29)24-4-3-22(37)15-25(24)36)19-43-11-12-44-23(17-43)18-45(35(44)49)28-5-2-20(14-26(28)38)16-42-9-6-21(7-10-42)33(46)47/h2-5,8,13-15,21,23,30H,6-7,9-12,16-19H2,1H3,(H,40,41)(H,46,47)/t23-,30-/m0/s1. The van der Waals surface area contributed by atoms with Gasteiger partial charge < -0.3 is 20.1 Å². The maximum atomic E-state index is 15.6. The fraction of sp³-hybridized carbons (Fsp3) is 0.400. The summed E-state index contributed by atoms with van der Waals surface area (Å²) >= 11 is 7.86. The van der Waals surface area contributed by atoms with E-state index in [9.17, 15) is 23.9 Å². The molecule has 3 fully saturated rings. The number of thiazole rings is 1. The number of amidine groups is 1. The van der Waals surface area contributed by atoms with Crippen molar-refractivity contribution in [1.29, 1.82) is 0 Å². The van der Waals surface area contributed by atoms with Gasteiger partial charge in [0.05, 0.1) is 30.3 Å². The first kappa shape index (κ1) is 35.0. The van der Waals surface area contributed by atoms with E-state index in [1.807, 2.05) is 11.4 Å². The minimum Gasteiger partial charge on any atom is -0.481 e. The van der Waals surface area contributed by atoms with Gasteiger partial charge in [-0.2, -0.15) is 0 Å².